The number of anilines is 1. The molecule has 1 N–H and O–H groups in total. The minimum Gasteiger partial charge on any atom is -0.296 e. The first-order valence-electron chi connectivity index (χ1n) is 7.58. The summed E-state index contributed by atoms with van der Waals surface area (Å²) in [5.74, 6) is -0.305. The lowest BCUT2D eigenvalue weighted by atomic mass is 9.99. The number of benzene rings is 1. The molecule has 1 amide bonds. The molecule has 0 atom stereocenters. The first-order chi connectivity index (χ1) is 11.4. The zero-order valence-corrected chi connectivity index (χ0v) is 14.9. The first-order valence-corrected chi connectivity index (χ1v) is 8.46. The summed E-state index contributed by atoms with van der Waals surface area (Å²) in [6.07, 6.45) is 3.04. The third-order valence-corrected chi connectivity index (χ3v) is 4.61. The molecule has 0 aliphatic heterocycles. The summed E-state index contributed by atoms with van der Waals surface area (Å²) in [4.78, 5) is 24.9. The van der Waals surface area contributed by atoms with E-state index in [1.165, 1.54) is 34.2 Å². The number of carbonyl (C=O) groups is 1. The Balaban J connectivity index is 1.82. The van der Waals surface area contributed by atoms with E-state index < -0.39 is 0 Å². The van der Waals surface area contributed by atoms with E-state index in [-0.39, 0.29) is 11.6 Å². The normalized spacial score (nSPS) is 10.7. The number of carbonyl (C=O) groups excluding carboxylic acids is 1. The third kappa shape index (κ3) is 3.33. The fraction of sp³-hybridized carbons (Fsp3) is 0.222. The van der Waals surface area contributed by atoms with Gasteiger partial charge in [-0.3, -0.25) is 15.1 Å². The molecule has 3 aromatic rings. The first kappa shape index (κ1) is 16.3. The fourth-order valence-electron chi connectivity index (χ4n) is 2.36. The maximum atomic E-state index is 12.2. The SMILES string of the molecule is Cc1cnc(C(=O)Nc2nc(-c3cc(C)c(C)cc3C)cs2)cn1. The topological polar surface area (TPSA) is 67.8 Å². The zero-order valence-electron chi connectivity index (χ0n) is 14.0. The molecule has 2 heterocycles. The van der Waals surface area contributed by atoms with Crippen molar-refractivity contribution in [2.75, 3.05) is 5.32 Å². The van der Waals surface area contributed by atoms with Gasteiger partial charge in [-0.15, -0.1) is 11.3 Å². The average molecular weight is 338 g/mol. The Labute approximate surface area is 144 Å². The highest BCUT2D eigenvalue weighted by molar-refractivity contribution is 7.14. The molecule has 0 saturated carbocycles. The minimum atomic E-state index is -0.305. The number of nitrogens with one attached hydrogen (secondary N) is 1. The second-order valence-corrected chi connectivity index (χ2v) is 6.64. The Kier molecular flexibility index (Phi) is 4.40. The molecule has 0 aliphatic carbocycles. The van der Waals surface area contributed by atoms with Crippen LogP contribution in [0.1, 0.15) is 32.9 Å². The number of thiazole rings is 1. The predicted molar refractivity (Wildman–Crippen MR) is 96.5 cm³/mol. The van der Waals surface area contributed by atoms with E-state index in [2.05, 4.69) is 53.2 Å². The van der Waals surface area contributed by atoms with Crippen molar-refractivity contribution >= 4 is 22.4 Å². The minimum absolute atomic E-state index is 0.278. The van der Waals surface area contributed by atoms with Crippen molar-refractivity contribution in [3.8, 4) is 11.3 Å². The molecule has 5 nitrogen and oxygen atoms in total. The van der Waals surface area contributed by atoms with Gasteiger partial charge < -0.3 is 0 Å². The Bertz CT molecular complexity index is 900. The Morgan fingerprint density at radius 2 is 1.75 bits per heavy atom. The van der Waals surface area contributed by atoms with Gasteiger partial charge in [-0.25, -0.2) is 9.97 Å². The molecule has 2 aromatic heterocycles. The van der Waals surface area contributed by atoms with Crippen molar-refractivity contribution < 1.29 is 4.79 Å². The van der Waals surface area contributed by atoms with Gasteiger partial charge in [0.1, 0.15) is 5.69 Å². The Hall–Kier alpha value is -2.60. The molecular formula is C18H18N4OS. The molecule has 0 unspecified atom stereocenters. The van der Waals surface area contributed by atoms with E-state index in [1.807, 2.05) is 12.3 Å². The average Bonchev–Trinajstić information content (AvgIpc) is 2.99. The van der Waals surface area contributed by atoms with Gasteiger partial charge in [0, 0.05) is 17.1 Å². The standard InChI is InChI=1S/C18H18N4OS/c1-10-5-12(3)14(6-11(10)2)16-9-24-18(21-16)22-17(23)15-8-19-13(4)7-20-15/h5-9H,1-4H3,(H,21,22,23). The lowest BCUT2D eigenvalue weighted by Crippen LogP contribution is -2.14. The summed E-state index contributed by atoms with van der Waals surface area (Å²) < 4.78 is 0. The molecule has 0 saturated heterocycles. The molecular weight excluding hydrogens is 320 g/mol. The summed E-state index contributed by atoms with van der Waals surface area (Å²) in [7, 11) is 0. The molecule has 0 bridgehead atoms. The molecule has 1 aromatic carbocycles. The second-order valence-electron chi connectivity index (χ2n) is 5.79. The van der Waals surface area contributed by atoms with Crippen LogP contribution in [-0.2, 0) is 0 Å². The van der Waals surface area contributed by atoms with Crippen molar-refractivity contribution in [3.05, 3.63) is 58.0 Å². The van der Waals surface area contributed by atoms with Crippen molar-refractivity contribution in [1.82, 2.24) is 15.0 Å². The highest BCUT2D eigenvalue weighted by Gasteiger charge is 2.13. The molecule has 6 heteroatoms. The molecule has 0 fully saturated rings. The van der Waals surface area contributed by atoms with Gasteiger partial charge in [-0.1, -0.05) is 6.07 Å². The number of hydrogen-bond acceptors (Lipinski definition) is 5. The number of aryl methyl sites for hydroxylation is 4. The van der Waals surface area contributed by atoms with Crippen LogP contribution >= 0.6 is 11.3 Å². The molecule has 0 radical (unpaired) electrons. The van der Waals surface area contributed by atoms with Crippen molar-refractivity contribution in [3.63, 3.8) is 0 Å². The zero-order chi connectivity index (χ0) is 17.3. The van der Waals surface area contributed by atoms with Crippen LogP contribution < -0.4 is 5.32 Å². The largest absolute Gasteiger partial charge is 0.296 e. The number of rotatable bonds is 3. The second kappa shape index (κ2) is 6.49. The number of nitrogens with zero attached hydrogens (tertiary/aromatic N) is 3. The number of aromatic nitrogens is 3. The van der Waals surface area contributed by atoms with E-state index in [4.69, 9.17) is 0 Å². The smallest absolute Gasteiger partial charge is 0.277 e. The van der Waals surface area contributed by atoms with Gasteiger partial charge in [0.2, 0.25) is 0 Å². The van der Waals surface area contributed by atoms with Gasteiger partial charge in [-0.05, 0) is 50.5 Å². The van der Waals surface area contributed by atoms with Gasteiger partial charge in [-0.2, -0.15) is 0 Å². The van der Waals surface area contributed by atoms with Crippen LogP contribution in [0.2, 0.25) is 0 Å². The lowest BCUT2D eigenvalue weighted by molar-refractivity contribution is 0.102. The van der Waals surface area contributed by atoms with Crippen LogP contribution in [0.4, 0.5) is 5.13 Å². The number of hydrogen-bond donors (Lipinski definition) is 1. The van der Waals surface area contributed by atoms with E-state index in [1.54, 1.807) is 6.20 Å². The highest BCUT2D eigenvalue weighted by Crippen LogP contribution is 2.29. The molecule has 0 spiro atoms. The van der Waals surface area contributed by atoms with Crippen LogP contribution in [0, 0.1) is 27.7 Å². The van der Waals surface area contributed by atoms with Crippen LogP contribution in [0.25, 0.3) is 11.3 Å². The van der Waals surface area contributed by atoms with Gasteiger partial charge >= 0.3 is 0 Å². The van der Waals surface area contributed by atoms with E-state index in [0.29, 0.717) is 5.13 Å². The summed E-state index contributed by atoms with van der Waals surface area (Å²) in [5.41, 5.74) is 6.66. The summed E-state index contributed by atoms with van der Waals surface area (Å²) in [6, 6.07) is 4.29. The lowest BCUT2D eigenvalue weighted by Gasteiger charge is -2.07. The van der Waals surface area contributed by atoms with Gasteiger partial charge in [0.25, 0.3) is 5.91 Å². The van der Waals surface area contributed by atoms with Crippen LogP contribution in [0.3, 0.4) is 0 Å². The van der Waals surface area contributed by atoms with Crippen molar-refractivity contribution in [1.29, 1.82) is 0 Å². The summed E-state index contributed by atoms with van der Waals surface area (Å²) >= 11 is 1.40. The van der Waals surface area contributed by atoms with Crippen LogP contribution in [0.15, 0.2) is 29.9 Å². The van der Waals surface area contributed by atoms with Crippen LogP contribution in [-0.4, -0.2) is 20.9 Å². The maximum Gasteiger partial charge on any atom is 0.277 e. The van der Waals surface area contributed by atoms with Crippen molar-refractivity contribution in [2.24, 2.45) is 0 Å². The maximum absolute atomic E-state index is 12.2. The third-order valence-electron chi connectivity index (χ3n) is 3.85. The number of amides is 1. The van der Waals surface area contributed by atoms with E-state index in [0.717, 1.165) is 17.0 Å². The molecule has 3 rings (SSSR count). The van der Waals surface area contributed by atoms with E-state index in [9.17, 15) is 4.79 Å². The fourth-order valence-corrected chi connectivity index (χ4v) is 3.07. The molecule has 0 aliphatic rings. The highest BCUT2D eigenvalue weighted by atomic mass is 32.1. The monoisotopic (exact) mass is 338 g/mol. The Morgan fingerprint density at radius 1 is 1.00 bits per heavy atom. The predicted octanol–water partition coefficient (Wildman–Crippen LogP) is 4.09. The quantitative estimate of drug-likeness (QED) is 0.781. The summed E-state index contributed by atoms with van der Waals surface area (Å²) in [6.45, 7) is 8.08. The van der Waals surface area contributed by atoms with Gasteiger partial charge in [0.15, 0.2) is 5.13 Å². The molecule has 24 heavy (non-hydrogen) atoms. The Morgan fingerprint density at radius 3 is 2.46 bits per heavy atom. The van der Waals surface area contributed by atoms with Gasteiger partial charge in [0.05, 0.1) is 17.6 Å². The van der Waals surface area contributed by atoms with E-state index >= 15 is 0 Å². The summed E-state index contributed by atoms with van der Waals surface area (Å²) in [5, 5.41) is 5.28. The molecule has 122 valence electrons. The van der Waals surface area contributed by atoms with Crippen molar-refractivity contribution in [2.45, 2.75) is 27.7 Å². The van der Waals surface area contributed by atoms with Crippen LogP contribution in [0.5, 0.6) is 0 Å².